The minimum atomic E-state index is -0.882. The number of nitrogens with one attached hydrogen (secondary N) is 2. The normalized spacial score (nSPS) is 14.8. The van der Waals surface area contributed by atoms with E-state index in [9.17, 15) is 18.8 Å². The Balaban J connectivity index is 1.70. The Morgan fingerprint density at radius 3 is 2.40 bits per heavy atom. The molecule has 0 saturated carbocycles. The van der Waals surface area contributed by atoms with Crippen molar-refractivity contribution in [3.8, 4) is 0 Å². The maximum absolute atomic E-state index is 12.9. The standard InChI is InChI=1S/C17H22FN3O4/c18-13-5-3-12(4-6-13)16(24)20-14-7-10-21(11-8-14)17(25)19-9-1-2-15(22)23/h3-6,14H,1-2,7-11H2,(H,19,25)(H,20,24)(H,22,23). The number of carboxylic acid groups (broad SMARTS) is 1. The zero-order valence-electron chi connectivity index (χ0n) is 13.8. The number of urea groups is 1. The molecule has 2 rings (SSSR count). The highest BCUT2D eigenvalue weighted by molar-refractivity contribution is 5.94. The van der Waals surface area contributed by atoms with Crippen LogP contribution in [0.25, 0.3) is 0 Å². The van der Waals surface area contributed by atoms with E-state index in [4.69, 9.17) is 5.11 Å². The number of likely N-dealkylation sites (tertiary alicyclic amines) is 1. The first-order valence-electron chi connectivity index (χ1n) is 8.26. The van der Waals surface area contributed by atoms with Gasteiger partial charge in [-0.05, 0) is 43.5 Å². The van der Waals surface area contributed by atoms with E-state index >= 15 is 0 Å². The molecule has 0 aromatic heterocycles. The largest absolute Gasteiger partial charge is 0.481 e. The number of piperidine rings is 1. The van der Waals surface area contributed by atoms with Crippen LogP contribution in [0.5, 0.6) is 0 Å². The lowest BCUT2D eigenvalue weighted by Crippen LogP contribution is -2.49. The third-order valence-corrected chi connectivity index (χ3v) is 4.07. The van der Waals surface area contributed by atoms with Crippen LogP contribution in [0.3, 0.4) is 0 Å². The van der Waals surface area contributed by atoms with Gasteiger partial charge < -0.3 is 20.6 Å². The summed E-state index contributed by atoms with van der Waals surface area (Å²) in [6.07, 6.45) is 1.69. The summed E-state index contributed by atoms with van der Waals surface area (Å²) in [7, 11) is 0. The lowest BCUT2D eigenvalue weighted by Gasteiger charge is -2.32. The van der Waals surface area contributed by atoms with Crippen molar-refractivity contribution in [1.29, 1.82) is 0 Å². The summed E-state index contributed by atoms with van der Waals surface area (Å²) in [6.45, 7) is 1.35. The second-order valence-electron chi connectivity index (χ2n) is 5.97. The van der Waals surface area contributed by atoms with E-state index in [1.807, 2.05) is 0 Å². The van der Waals surface area contributed by atoms with Crippen LogP contribution in [0.4, 0.5) is 9.18 Å². The van der Waals surface area contributed by atoms with Crippen LogP contribution in [0.15, 0.2) is 24.3 Å². The van der Waals surface area contributed by atoms with Crippen LogP contribution in [-0.2, 0) is 4.79 Å². The van der Waals surface area contributed by atoms with Gasteiger partial charge in [0, 0.05) is 37.7 Å². The van der Waals surface area contributed by atoms with Crippen molar-refractivity contribution >= 4 is 17.9 Å². The number of carbonyl (C=O) groups is 3. The molecular formula is C17H22FN3O4. The highest BCUT2D eigenvalue weighted by Gasteiger charge is 2.24. The molecule has 0 unspecified atom stereocenters. The summed E-state index contributed by atoms with van der Waals surface area (Å²) < 4.78 is 12.9. The number of benzene rings is 1. The van der Waals surface area contributed by atoms with Crippen molar-refractivity contribution < 1.29 is 23.9 Å². The fourth-order valence-corrected chi connectivity index (χ4v) is 2.64. The van der Waals surface area contributed by atoms with Gasteiger partial charge >= 0.3 is 12.0 Å². The molecule has 1 aromatic carbocycles. The summed E-state index contributed by atoms with van der Waals surface area (Å²) in [5, 5.41) is 14.1. The summed E-state index contributed by atoms with van der Waals surface area (Å²) in [5.74, 6) is -1.53. The number of rotatable bonds is 6. The zero-order chi connectivity index (χ0) is 18.2. The minimum absolute atomic E-state index is 0.0256. The summed E-state index contributed by atoms with van der Waals surface area (Å²) in [4.78, 5) is 36.1. The van der Waals surface area contributed by atoms with Crippen molar-refractivity contribution in [3.63, 3.8) is 0 Å². The van der Waals surface area contributed by atoms with Crippen molar-refractivity contribution in [2.45, 2.75) is 31.7 Å². The first-order chi connectivity index (χ1) is 12.0. The molecule has 1 heterocycles. The number of amides is 3. The Morgan fingerprint density at radius 2 is 1.80 bits per heavy atom. The van der Waals surface area contributed by atoms with Crippen LogP contribution in [0.1, 0.15) is 36.0 Å². The first-order valence-corrected chi connectivity index (χ1v) is 8.26. The maximum atomic E-state index is 12.9. The molecule has 1 aromatic rings. The molecule has 0 aliphatic carbocycles. The lowest BCUT2D eigenvalue weighted by atomic mass is 10.0. The second-order valence-corrected chi connectivity index (χ2v) is 5.97. The van der Waals surface area contributed by atoms with Gasteiger partial charge in [-0.1, -0.05) is 0 Å². The minimum Gasteiger partial charge on any atom is -0.481 e. The smallest absolute Gasteiger partial charge is 0.317 e. The van der Waals surface area contributed by atoms with E-state index in [2.05, 4.69) is 10.6 Å². The number of carbonyl (C=O) groups excluding carboxylic acids is 2. The Bertz CT molecular complexity index is 613. The Labute approximate surface area is 145 Å². The molecule has 1 aliphatic rings. The topological polar surface area (TPSA) is 98.7 Å². The number of hydrogen-bond donors (Lipinski definition) is 3. The number of carboxylic acids is 1. The zero-order valence-corrected chi connectivity index (χ0v) is 13.8. The predicted molar refractivity (Wildman–Crippen MR) is 88.7 cm³/mol. The van der Waals surface area contributed by atoms with Crippen molar-refractivity contribution in [2.24, 2.45) is 0 Å². The van der Waals surface area contributed by atoms with E-state index in [-0.39, 0.29) is 30.2 Å². The van der Waals surface area contributed by atoms with Gasteiger partial charge in [0.2, 0.25) is 0 Å². The summed E-state index contributed by atoms with van der Waals surface area (Å²) in [5.41, 5.74) is 0.403. The molecule has 7 nitrogen and oxygen atoms in total. The van der Waals surface area contributed by atoms with E-state index < -0.39 is 5.97 Å². The summed E-state index contributed by atoms with van der Waals surface area (Å²) in [6, 6.07) is 5.11. The Kier molecular flexibility index (Phi) is 6.73. The molecule has 0 radical (unpaired) electrons. The van der Waals surface area contributed by atoms with Gasteiger partial charge in [-0.25, -0.2) is 9.18 Å². The van der Waals surface area contributed by atoms with Gasteiger partial charge in [0.05, 0.1) is 0 Å². The number of hydrogen-bond acceptors (Lipinski definition) is 3. The molecule has 3 N–H and O–H groups in total. The number of halogens is 1. The van der Waals surface area contributed by atoms with Crippen LogP contribution in [0.2, 0.25) is 0 Å². The van der Waals surface area contributed by atoms with E-state index in [1.54, 1.807) is 4.90 Å². The molecule has 25 heavy (non-hydrogen) atoms. The van der Waals surface area contributed by atoms with Gasteiger partial charge in [-0.15, -0.1) is 0 Å². The van der Waals surface area contributed by atoms with Crippen LogP contribution in [-0.4, -0.2) is 53.6 Å². The fraction of sp³-hybridized carbons (Fsp3) is 0.471. The fourth-order valence-electron chi connectivity index (χ4n) is 2.64. The monoisotopic (exact) mass is 351 g/mol. The highest BCUT2D eigenvalue weighted by Crippen LogP contribution is 2.12. The Morgan fingerprint density at radius 1 is 1.16 bits per heavy atom. The molecule has 1 saturated heterocycles. The highest BCUT2D eigenvalue weighted by atomic mass is 19.1. The van der Waals surface area contributed by atoms with Crippen LogP contribution < -0.4 is 10.6 Å². The molecule has 8 heteroatoms. The number of nitrogens with zero attached hydrogens (tertiary/aromatic N) is 1. The quantitative estimate of drug-likeness (QED) is 0.678. The van der Waals surface area contributed by atoms with E-state index in [0.29, 0.717) is 44.5 Å². The van der Waals surface area contributed by atoms with E-state index in [0.717, 1.165) is 0 Å². The second kappa shape index (κ2) is 9.00. The van der Waals surface area contributed by atoms with Gasteiger partial charge in [0.1, 0.15) is 5.82 Å². The van der Waals surface area contributed by atoms with Crippen molar-refractivity contribution in [2.75, 3.05) is 19.6 Å². The molecule has 0 spiro atoms. The molecule has 1 fully saturated rings. The predicted octanol–water partition coefficient (Wildman–Crippen LogP) is 1.59. The average Bonchev–Trinajstić information content (AvgIpc) is 2.59. The SMILES string of the molecule is O=C(O)CCCNC(=O)N1CCC(NC(=O)c2ccc(F)cc2)CC1. The third-order valence-electron chi connectivity index (χ3n) is 4.07. The average molecular weight is 351 g/mol. The molecule has 1 aliphatic heterocycles. The van der Waals surface area contributed by atoms with Crippen molar-refractivity contribution in [3.05, 3.63) is 35.6 Å². The van der Waals surface area contributed by atoms with Gasteiger partial charge in [0.25, 0.3) is 5.91 Å². The lowest BCUT2D eigenvalue weighted by molar-refractivity contribution is -0.137. The van der Waals surface area contributed by atoms with Crippen LogP contribution in [0, 0.1) is 5.82 Å². The third kappa shape index (κ3) is 6.06. The van der Waals surface area contributed by atoms with E-state index in [1.165, 1.54) is 24.3 Å². The molecule has 0 bridgehead atoms. The van der Waals surface area contributed by atoms with Crippen LogP contribution >= 0.6 is 0 Å². The molecule has 0 atom stereocenters. The number of aliphatic carboxylic acids is 1. The first kappa shape index (κ1) is 18.7. The van der Waals surface area contributed by atoms with Gasteiger partial charge in [0.15, 0.2) is 0 Å². The van der Waals surface area contributed by atoms with Gasteiger partial charge in [-0.2, -0.15) is 0 Å². The molecule has 3 amide bonds. The maximum Gasteiger partial charge on any atom is 0.317 e. The Hall–Kier alpha value is -2.64. The molecule has 136 valence electrons. The van der Waals surface area contributed by atoms with Crippen molar-refractivity contribution in [1.82, 2.24) is 15.5 Å². The van der Waals surface area contributed by atoms with Gasteiger partial charge in [-0.3, -0.25) is 9.59 Å². The summed E-state index contributed by atoms with van der Waals surface area (Å²) >= 11 is 0. The molecular weight excluding hydrogens is 329 g/mol.